The number of anilines is 1. The van der Waals surface area contributed by atoms with E-state index in [1.807, 2.05) is 19.1 Å². The topological polar surface area (TPSA) is 82.0 Å². The van der Waals surface area contributed by atoms with Crippen molar-refractivity contribution in [3.63, 3.8) is 0 Å². The van der Waals surface area contributed by atoms with E-state index in [1.54, 1.807) is 25.6 Å². The zero-order chi connectivity index (χ0) is 18.9. The van der Waals surface area contributed by atoms with Gasteiger partial charge in [0.2, 0.25) is 5.13 Å². The van der Waals surface area contributed by atoms with Crippen LogP contribution in [0.25, 0.3) is 0 Å². The first kappa shape index (κ1) is 20.2. The number of hydrogen-bond donors (Lipinski definition) is 1. The summed E-state index contributed by atoms with van der Waals surface area (Å²) in [6, 6.07) is 3.71. The van der Waals surface area contributed by atoms with E-state index in [4.69, 9.17) is 14.2 Å². The van der Waals surface area contributed by atoms with Crippen LogP contribution >= 0.6 is 27.3 Å². The molecule has 9 heteroatoms. The minimum Gasteiger partial charge on any atom is -0.493 e. The maximum atomic E-state index is 11.5. The highest BCUT2D eigenvalue weighted by molar-refractivity contribution is 9.10. The molecule has 0 radical (unpaired) electrons. The number of halogens is 1. The van der Waals surface area contributed by atoms with Crippen LogP contribution in [0.15, 0.2) is 27.1 Å². The summed E-state index contributed by atoms with van der Waals surface area (Å²) in [6.45, 7) is 4.59. The van der Waals surface area contributed by atoms with Gasteiger partial charge in [-0.25, -0.2) is 4.98 Å². The molecule has 0 aliphatic heterocycles. The third kappa shape index (κ3) is 5.70. The van der Waals surface area contributed by atoms with Crippen LogP contribution in [0.1, 0.15) is 25.1 Å². The predicted octanol–water partition coefficient (Wildman–Crippen LogP) is 3.86. The van der Waals surface area contributed by atoms with Crippen LogP contribution in [-0.4, -0.2) is 37.5 Å². The number of benzene rings is 1. The van der Waals surface area contributed by atoms with E-state index in [0.29, 0.717) is 35.5 Å². The van der Waals surface area contributed by atoms with Crippen LogP contribution in [0.3, 0.4) is 0 Å². The lowest BCUT2D eigenvalue weighted by atomic mass is 10.2. The maximum Gasteiger partial charge on any atom is 0.311 e. The lowest BCUT2D eigenvalue weighted by Gasteiger charge is -2.11. The molecule has 0 bridgehead atoms. The third-order valence-corrected chi connectivity index (χ3v) is 4.48. The van der Waals surface area contributed by atoms with Gasteiger partial charge in [0.05, 0.1) is 43.1 Å². The summed E-state index contributed by atoms with van der Waals surface area (Å²) in [5.74, 6) is 0.983. The van der Waals surface area contributed by atoms with Gasteiger partial charge in [-0.05, 0) is 47.5 Å². The van der Waals surface area contributed by atoms with Crippen molar-refractivity contribution in [3.05, 3.63) is 33.2 Å². The minimum absolute atomic E-state index is 0.152. The fraction of sp³-hybridized carbons (Fsp3) is 0.353. The Morgan fingerprint density at radius 3 is 2.88 bits per heavy atom. The maximum absolute atomic E-state index is 11.5. The first-order chi connectivity index (χ1) is 12.6. The highest BCUT2D eigenvalue weighted by Crippen LogP contribution is 2.36. The van der Waals surface area contributed by atoms with E-state index in [2.05, 4.69) is 31.4 Å². The number of nitrogens with zero attached hydrogens (tertiary/aromatic N) is 2. The summed E-state index contributed by atoms with van der Waals surface area (Å²) >= 11 is 4.84. The number of hydrogen-bond acceptors (Lipinski definition) is 8. The second-order valence-electron chi connectivity index (χ2n) is 4.96. The van der Waals surface area contributed by atoms with Crippen LogP contribution in [0, 0.1) is 0 Å². The SMILES string of the molecule is CCOC(=O)Cc1csc(NN=Cc2cc(Br)c(OCC)c(OC)c2)n1. The first-order valence-electron chi connectivity index (χ1n) is 7.96. The van der Waals surface area contributed by atoms with Crippen LogP contribution in [-0.2, 0) is 16.0 Å². The zero-order valence-electron chi connectivity index (χ0n) is 14.7. The Morgan fingerprint density at radius 2 is 2.19 bits per heavy atom. The number of nitrogens with one attached hydrogen (secondary N) is 1. The van der Waals surface area contributed by atoms with E-state index in [9.17, 15) is 4.79 Å². The lowest BCUT2D eigenvalue weighted by Crippen LogP contribution is -2.07. The number of rotatable bonds is 9. The molecule has 0 unspecified atom stereocenters. The van der Waals surface area contributed by atoms with Crippen LogP contribution in [0.5, 0.6) is 11.5 Å². The molecule has 1 N–H and O–H groups in total. The monoisotopic (exact) mass is 441 g/mol. The van der Waals surface area contributed by atoms with Gasteiger partial charge in [0.25, 0.3) is 0 Å². The smallest absolute Gasteiger partial charge is 0.311 e. The number of thiazole rings is 1. The standard InChI is InChI=1S/C17H20BrN3O4S/c1-4-24-15(22)8-12-10-26-17(20-12)21-19-9-11-6-13(18)16(25-5-2)14(7-11)23-3/h6-7,9-10H,4-5,8H2,1-3H3,(H,20,21). The molecule has 26 heavy (non-hydrogen) atoms. The normalized spacial score (nSPS) is 10.8. The number of ether oxygens (including phenoxy) is 3. The molecule has 140 valence electrons. The van der Waals surface area contributed by atoms with Crippen molar-refractivity contribution in [2.24, 2.45) is 5.10 Å². The highest BCUT2D eigenvalue weighted by atomic mass is 79.9. The van der Waals surface area contributed by atoms with Gasteiger partial charge in [-0.1, -0.05) is 0 Å². The Morgan fingerprint density at radius 1 is 1.38 bits per heavy atom. The van der Waals surface area contributed by atoms with E-state index >= 15 is 0 Å². The van der Waals surface area contributed by atoms with Gasteiger partial charge >= 0.3 is 5.97 Å². The molecule has 1 aromatic heterocycles. The van der Waals surface area contributed by atoms with Gasteiger partial charge in [0.15, 0.2) is 11.5 Å². The Bertz CT molecular complexity index is 779. The Hall–Kier alpha value is -2.13. The predicted molar refractivity (Wildman–Crippen MR) is 106 cm³/mol. The summed E-state index contributed by atoms with van der Waals surface area (Å²) in [4.78, 5) is 15.7. The van der Waals surface area contributed by atoms with E-state index < -0.39 is 0 Å². The largest absolute Gasteiger partial charge is 0.493 e. The Labute approximate surface area is 164 Å². The van der Waals surface area contributed by atoms with Crippen molar-refractivity contribution in [2.75, 3.05) is 25.7 Å². The number of carbonyl (C=O) groups excluding carboxylic acids is 1. The molecule has 0 aliphatic carbocycles. The molecular weight excluding hydrogens is 422 g/mol. The second kappa shape index (κ2) is 10.1. The molecule has 0 saturated heterocycles. The van der Waals surface area contributed by atoms with Crippen LogP contribution in [0.4, 0.5) is 5.13 Å². The molecule has 0 amide bonds. The molecule has 1 heterocycles. The highest BCUT2D eigenvalue weighted by Gasteiger charge is 2.11. The van der Waals surface area contributed by atoms with Crippen LogP contribution < -0.4 is 14.9 Å². The number of esters is 1. The lowest BCUT2D eigenvalue weighted by molar-refractivity contribution is -0.142. The molecule has 1 aromatic carbocycles. The minimum atomic E-state index is -0.292. The summed E-state index contributed by atoms with van der Waals surface area (Å²) in [5.41, 5.74) is 4.33. The van der Waals surface area contributed by atoms with E-state index in [1.165, 1.54) is 11.3 Å². The second-order valence-corrected chi connectivity index (χ2v) is 6.68. The van der Waals surface area contributed by atoms with E-state index in [-0.39, 0.29) is 12.4 Å². The summed E-state index contributed by atoms with van der Waals surface area (Å²) in [6.07, 6.45) is 1.80. The van der Waals surface area contributed by atoms with Gasteiger partial charge in [-0.3, -0.25) is 10.2 Å². The van der Waals surface area contributed by atoms with Gasteiger partial charge in [0.1, 0.15) is 0 Å². The number of carbonyl (C=O) groups is 1. The summed E-state index contributed by atoms with van der Waals surface area (Å²) < 4.78 is 16.6. The molecule has 0 atom stereocenters. The molecule has 0 fully saturated rings. The molecule has 2 rings (SSSR count). The fourth-order valence-corrected chi connectivity index (χ4v) is 3.29. The molecule has 7 nitrogen and oxygen atoms in total. The van der Waals surface area contributed by atoms with Crippen LogP contribution in [0.2, 0.25) is 0 Å². The third-order valence-electron chi connectivity index (χ3n) is 3.10. The van der Waals surface area contributed by atoms with Crippen molar-refractivity contribution < 1.29 is 19.0 Å². The van der Waals surface area contributed by atoms with Gasteiger partial charge < -0.3 is 14.2 Å². The Balaban J connectivity index is 2.01. The molecule has 0 saturated carbocycles. The van der Waals surface area contributed by atoms with Gasteiger partial charge in [-0.2, -0.15) is 5.10 Å². The van der Waals surface area contributed by atoms with Crippen molar-refractivity contribution in [1.29, 1.82) is 0 Å². The van der Waals surface area contributed by atoms with Gasteiger partial charge in [0, 0.05) is 5.38 Å². The van der Waals surface area contributed by atoms with E-state index in [0.717, 1.165) is 10.0 Å². The number of hydrazone groups is 1. The molecular formula is C17H20BrN3O4S. The van der Waals surface area contributed by atoms with Crippen molar-refractivity contribution in [3.8, 4) is 11.5 Å². The van der Waals surface area contributed by atoms with Crippen molar-refractivity contribution in [2.45, 2.75) is 20.3 Å². The number of methoxy groups -OCH3 is 1. The van der Waals surface area contributed by atoms with Crippen molar-refractivity contribution in [1.82, 2.24) is 4.98 Å². The molecule has 0 aliphatic rings. The van der Waals surface area contributed by atoms with Crippen molar-refractivity contribution >= 4 is 44.6 Å². The average Bonchev–Trinajstić information content (AvgIpc) is 3.04. The summed E-state index contributed by atoms with van der Waals surface area (Å²) in [5, 5.41) is 6.56. The molecule has 0 spiro atoms. The van der Waals surface area contributed by atoms with Gasteiger partial charge in [-0.15, -0.1) is 11.3 Å². The first-order valence-corrected chi connectivity index (χ1v) is 9.64. The quantitative estimate of drug-likeness (QED) is 0.361. The molecule has 2 aromatic rings. The fourth-order valence-electron chi connectivity index (χ4n) is 2.06. The Kier molecular flexibility index (Phi) is 7.86. The average molecular weight is 442 g/mol. The zero-order valence-corrected chi connectivity index (χ0v) is 17.1. The summed E-state index contributed by atoms with van der Waals surface area (Å²) in [7, 11) is 1.59. The number of aromatic nitrogens is 1.